The van der Waals surface area contributed by atoms with Crippen molar-refractivity contribution < 1.29 is 9.53 Å². The molecule has 1 N–H and O–H groups in total. The van der Waals surface area contributed by atoms with E-state index < -0.39 is 0 Å². The molecule has 1 aliphatic rings. The molecule has 1 fully saturated rings. The summed E-state index contributed by atoms with van der Waals surface area (Å²) >= 11 is 0. The number of rotatable bonds is 5. The summed E-state index contributed by atoms with van der Waals surface area (Å²) in [6.45, 7) is 0. The first-order valence-electron chi connectivity index (χ1n) is 8.79. The van der Waals surface area contributed by atoms with Gasteiger partial charge in [0.05, 0.1) is 25.0 Å². The highest BCUT2D eigenvalue weighted by atomic mass is 16.5. The molecule has 1 aliphatic carbocycles. The molecule has 0 radical (unpaired) electrons. The molecular weight excluding hydrogens is 330 g/mol. The summed E-state index contributed by atoms with van der Waals surface area (Å²) in [6.07, 6.45) is 8.14. The topological polar surface area (TPSA) is 74.0 Å². The molecule has 3 aromatic rings. The predicted octanol–water partition coefficient (Wildman–Crippen LogP) is 3.44. The van der Waals surface area contributed by atoms with Gasteiger partial charge in [0.25, 0.3) is 5.91 Å². The lowest BCUT2D eigenvalue weighted by atomic mass is 10.2. The van der Waals surface area contributed by atoms with Gasteiger partial charge >= 0.3 is 0 Å². The number of benzene rings is 1. The number of amides is 1. The van der Waals surface area contributed by atoms with E-state index in [4.69, 9.17) is 4.74 Å². The van der Waals surface area contributed by atoms with Crippen LogP contribution in [0.15, 0.2) is 48.8 Å². The maximum absolute atomic E-state index is 12.6. The molecule has 0 saturated heterocycles. The first-order valence-corrected chi connectivity index (χ1v) is 8.79. The van der Waals surface area contributed by atoms with E-state index in [0.717, 1.165) is 30.1 Å². The highest BCUT2D eigenvalue weighted by molar-refractivity contribution is 6.02. The minimum Gasteiger partial charge on any atom is -0.497 e. The van der Waals surface area contributed by atoms with Gasteiger partial charge in [-0.3, -0.25) is 4.79 Å². The van der Waals surface area contributed by atoms with Crippen molar-refractivity contribution in [2.75, 3.05) is 12.4 Å². The number of aromatic nitrogens is 4. The Kier molecular flexibility index (Phi) is 4.43. The number of ether oxygens (including phenoxy) is 1. The maximum atomic E-state index is 12.6. The van der Waals surface area contributed by atoms with E-state index in [1.54, 1.807) is 30.3 Å². The second-order valence-corrected chi connectivity index (χ2v) is 6.40. The van der Waals surface area contributed by atoms with Crippen LogP contribution < -0.4 is 10.1 Å². The predicted molar refractivity (Wildman–Crippen MR) is 97.8 cm³/mol. The monoisotopic (exact) mass is 351 g/mol. The fourth-order valence-corrected chi connectivity index (χ4v) is 3.36. The van der Waals surface area contributed by atoms with Crippen molar-refractivity contribution in [2.24, 2.45) is 0 Å². The molecule has 0 atom stereocenters. The number of carbonyl (C=O) groups is 1. The quantitative estimate of drug-likeness (QED) is 0.764. The third kappa shape index (κ3) is 3.20. The van der Waals surface area contributed by atoms with Gasteiger partial charge in [0.15, 0.2) is 5.69 Å². The van der Waals surface area contributed by atoms with Gasteiger partial charge in [-0.05, 0) is 43.2 Å². The van der Waals surface area contributed by atoms with Crippen LogP contribution in [-0.2, 0) is 0 Å². The molecule has 4 rings (SSSR count). The van der Waals surface area contributed by atoms with Gasteiger partial charge in [0.2, 0.25) is 0 Å². The number of hydrogen-bond donors (Lipinski definition) is 1. The molecular formula is C19H21N5O2. The summed E-state index contributed by atoms with van der Waals surface area (Å²) in [5.74, 6) is 1.26. The summed E-state index contributed by atoms with van der Waals surface area (Å²) in [5.41, 5.74) is 1.22. The molecule has 26 heavy (non-hydrogen) atoms. The minimum absolute atomic E-state index is 0.239. The standard InChI is InChI=1S/C19H21N5O2/c1-26-16-8-6-14(7-9-16)23-13-11-17(22-23)19(25)21-18-10-12-20-24(18)15-4-2-3-5-15/h6-13,15H,2-5H2,1H3,(H,21,25). The summed E-state index contributed by atoms with van der Waals surface area (Å²) in [6, 6.07) is 11.4. The van der Waals surface area contributed by atoms with Crippen LogP contribution in [0.2, 0.25) is 0 Å². The van der Waals surface area contributed by atoms with E-state index in [1.165, 1.54) is 12.8 Å². The van der Waals surface area contributed by atoms with Crippen LogP contribution in [0, 0.1) is 0 Å². The van der Waals surface area contributed by atoms with Gasteiger partial charge in [-0.15, -0.1) is 0 Å². The van der Waals surface area contributed by atoms with E-state index in [9.17, 15) is 4.79 Å². The van der Waals surface area contributed by atoms with Crippen molar-refractivity contribution in [1.82, 2.24) is 19.6 Å². The van der Waals surface area contributed by atoms with Crippen LogP contribution in [-0.4, -0.2) is 32.6 Å². The number of methoxy groups -OCH3 is 1. The Bertz CT molecular complexity index is 891. The van der Waals surface area contributed by atoms with E-state index >= 15 is 0 Å². The number of nitrogens with zero attached hydrogens (tertiary/aromatic N) is 4. The van der Waals surface area contributed by atoms with Crippen molar-refractivity contribution >= 4 is 11.7 Å². The summed E-state index contributed by atoms with van der Waals surface area (Å²) < 4.78 is 8.75. The Morgan fingerprint density at radius 1 is 1.15 bits per heavy atom. The fraction of sp³-hybridized carbons (Fsp3) is 0.316. The third-order valence-corrected chi connectivity index (χ3v) is 4.74. The minimum atomic E-state index is -0.239. The van der Waals surface area contributed by atoms with Crippen molar-refractivity contribution in [3.63, 3.8) is 0 Å². The molecule has 0 bridgehead atoms. The van der Waals surface area contributed by atoms with Gasteiger partial charge in [0.1, 0.15) is 11.6 Å². The van der Waals surface area contributed by atoms with Crippen LogP contribution in [0.25, 0.3) is 5.69 Å². The third-order valence-electron chi connectivity index (χ3n) is 4.74. The SMILES string of the molecule is COc1ccc(-n2ccc(C(=O)Nc3ccnn3C3CCCC3)n2)cc1. The van der Waals surface area contributed by atoms with E-state index in [1.807, 2.05) is 35.0 Å². The highest BCUT2D eigenvalue weighted by Crippen LogP contribution is 2.31. The van der Waals surface area contributed by atoms with Crippen LogP contribution in [0.1, 0.15) is 42.2 Å². The molecule has 1 saturated carbocycles. The molecule has 134 valence electrons. The molecule has 0 spiro atoms. The number of nitrogens with one attached hydrogen (secondary N) is 1. The van der Waals surface area contributed by atoms with Crippen LogP contribution in [0.3, 0.4) is 0 Å². The molecule has 7 heteroatoms. The molecule has 7 nitrogen and oxygen atoms in total. The van der Waals surface area contributed by atoms with Crippen LogP contribution in [0.5, 0.6) is 5.75 Å². The molecule has 1 aromatic carbocycles. The zero-order chi connectivity index (χ0) is 17.9. The lowest BCUT2D eigenvalue weighted by Gasteiger charge is -2.14. The zero-order valence-electron chi connectivity index (χ0n) is 14.6. The van der Waals surface area contributed by atoms with E-state index in [2.05, 4.69) is 15.5 Å². The lowest BCUT2D eigenvalue weighted by Crippen LogP contribution is -2.18. The molecule has 0 aliphatic heterocycles. The van der Waals surface area contributed by atoms with Gasteiger partial charge in [-0.2, -0.15) is 10.2 Å². The summed E-state index contributed by atoms with van der Waals surface area (Å²) in [7, 11) is 1.63. The Balaban J connectivity index is 1.49. The lowest BCUT2D eigenvalue weighted by molar-refractivity contribution is 0.102. The van der Waals surface area contributed by atoms with Crippen LogP contribution in [0.4, 0.5) is 5.82 Å². The number of anilines is 1. The van der Waals surface area contributed by atoms with E-state index in [0.29, 0.717) is 11.7 Å². The number of carbonyl (C=O) groups excluding carboxylic acids is 1. The molecule has 0 unspecified atom stereocenters. The summed E-state index contributed by atoms with van der Waals surface area (Å²) in [5, 5.41) is 11.7. The zero-order valence-corrected chi connectivity index (χ0v) is 14.6. The Morgan fingerprint density at radius 3 is 2.65 bits per heavy atom. The Morgan fingerprint density at radius 2 is 1.92 bits per heavy atom. The fourth-order valence-electron chi connectivity index (χ4n) is 3.36. The van der Waals surface area contributed by atoms with E-state index in [-0.39, 0.29) is 5.91 Å². The van der Waals surface area contributed by atoms with Crippen molar-refractivity contribution in [3.8, 4) is 11.4 Å². The van der Waals surface area contributed by atoms with Gasteiger partial charge < -0.3 is 10.1 Å². The smallest absolute Gasteiger partial charge is 0.277 e. The van der Waals surface area contributed by atoms with Crippen LogP contribution >= 0.6 is 0 Å². The van der Waals surface area contributed by atoms with Crippen molar-refractivity contribution in [1.29, 1.82) is 0 Å². The first kappa shape index (κ1) is 16.4. The van der Waals surface area contributed by atoms with Gasteiger partial charge in [0, 0.05) is 12.3 Å². The number of hydrogen-bond acceptors (Lipinski definition) is 4. The highest BCUT2D eigenvalue weighted by Gasteiger charge is 2.21. The molecule has 2 heterocycles. The van der Waals surface area contributed by atoms with Crippen molar-refractivity contribution in [2.45, 2.75) is 31.7 Å². The van der Waals surface area contributed by atoms with Gasteiger partial charge in [-0.25, -0.2) is 9.36 Å². The second kappa shape index (κ2) is 7.03. The first-order chi connectivity index (χ1) is 12.7. The second-order valence-electron chi connectivity index (χ2n) is 6.40. The van der Waals surface area contributed by atoms with Gasteiger partial charge in [-0.1, -0.05) is 12.8 Å². The molecule has 2 aromatic heterocycles. The average Bonchev–Trinajstić information content (AvgIpc) is 3.42. The Labute approximate surface area is 151 Å². The Hall–Kier alpha value is -3.09. The normalized spacial score (nSPS) is 14.5. The van der Waals surface area contributed by atoms with Crippen molar-refractivity contribution in [3.05, 3.63) is 54.5 Å². The molecule has 1 amide bonds. The average molecular weight is 351 g/mol. The summed E-state index contributed by atoms with van der Waals surface area (Å²) in [4.78, 5) is 12.6. The largest absolute Gasteiger partial charge is 0.497 e. The maximum Gasteiger partial charge on any atom is 0.277 e.